The number of aromatic nitrogens is 2. The van der Waals surface area contributed by atoms with Gasteiger partial charge in [0, 0.05) is 0 Å². The van der Waals surface area contributed by atoms with Gasteiger partial charge in [0.1, 0.15) is 5.69 Å². The predicted octanol–water partition coefficient (Wildman–Crippen LogP) is -0.363. The Bertz CT molecular complexity index is 291. The zero-order valence-electron chi connectivity index (χ0n) is 5.79. The quantitative estimate of drug-likeness (QED) is 0.535. The largest absolute Gasteiger partial charge is 0.369 e. The Hall–Kier alpha value is -1.76. The molecule has 1 heterocycles. The first kappa shape index (κ1) is 7.35. The van der Waals surface area contributed by atoms with E-state index in [4.69, 9.17) is 5.73 Å². The van der Waals surface area contributed by atoms with Crippen LogP contribution in [0.3, 0.4) is 0 Å². The van der Waals surface area contributed by atoms with Gasteiger partial charge in [0.25, 0.3) is 0 Å². The highest BCUT2D eigenvalue weighted by Crippen LogP contribution is 1.85. The second kappa shape index (κ2) is 3.42. The Kier molecular flexibility index (Phi) is 2.28. The van der Waals surface area contributed by atoms with Crippen molar-refractivity contribution in [2.45, 2.75) is 6.42 Å². The average molecular weight is 149 g/mol. The van der Waals surface area contributed by atoms with E-state index >= 15 is 0 Å². The molecule has 0 spiro atoms. The van der Waals surface area contributed by atoms with Gasteiger partial charge in [0.15, 0.2) is 0 Å². The lowest BCUT2D eigenvalue weighted by Gasteiger charge is -1.78. The van der Waals surface area contributed by atoms with Crippen molar-refractivity contribution >= 4 is 5.91 Å². The maximum atomic E-state index is 10.2. The van der Waals surface area contributed by atoms with Crippen molar-refractivity contribution in [3.8, 4) is 11.8 Å². The van der Waals surface area contributed by atoms with Gasteiger partial charge in [-0.15, -0.1) is 0 Å². The first-order valence-corrected chi connectivity index (χ1v) is 3.04. The van der Waals surface area contributed by atoms with E-state index in [1.54, 1.807) is 6.20 Å². The molecule has 0 aliphatic heterocycles. The number of hydrogen-bond donors (Lipinski definition) is 2. The number of imidazole rings is 1. The summed E-state index contributed by atoms with van der Waals surface area (Å²) in [4.78, 5) is 16.7. The monoisotopic (exact) mass is 149 g/mol. The van der Waals surface area contributed by atoms with Crippen molar-refractivity contribution in [2.24, 2.45) is 5.73 Å². The molecule has 0 unspecified atom stereocenters. The van der Waals surface area contributed by atoms with Crippen LogP contribution in [0.2, 0.25) is 0 Å². The van der Waals surface area contributed by atoms with Gasteiger partial charge >= 0.3 is 0 Å². The molecule has 11 heavy (non-hydrogen) atoms. The number of nitrogens with two attached hydrogens (primary N) is 1. The van der Waals surface area contributed by atoms with Crippen molar-refractivity contribution in [2.75, 3.05) is 0 Å². The van der Waals surface area contributed by atoms with Crippen LogP contribution in [0.25, 0.3) is 0 Å². The summed E-state index contributed by atoms with van der Waals surface area (Å²) in [6.45, 7) is 0. The highest BCUT2D eigenvalue weighted by Gasteiger charge is 1.86. The number of primary amides is 1. The van der Waals surface area contributed by atoms with Gasteiger partial charge in [-0.2, -0.15) is 0 Å². The number of nitrogens with zero attached hydrogens (tertiary/aromatic N) is 1. The topological polar surface area (TPSA) is 71.8 Å². The maximum absolute atomic E-state index is 10.2. The van der Waals surface area contributed by atoms with E-state index in [0.717, 1.165) is 0 Å². The Morgan fingerprint density at radius 3 is 3.18 bits per heavy atom. The summed E-state index contributed by atoms with van der Waals surface area (Å²) in [5.74, 6) is 4.86. The third-order valence-corrected chi connectivity index (χ3v) is 0.984. The van der Waals surface area contributed by atoms with Crippen LogP contribution < -0.4 is 5.73 Å². The molecule has 0 aromatic carbocycles. The summed E-state index contributed by atoms with van der Waals surface area (Å²) < 4.78 is 0. The molecule has 0 saturated carbocycles. The summed E-state index contributed by atoms with van der Waals surface area (Å²) >= 11 is 0. The normalized spacial score (nSPS) is 8.36. The molecule has 3 N–H and O–H groups in total. The van der Waals surface area contributed by atoms with E-state index in [-0.39, 0.29) is 6.42 Å². The van der Waals surface area contributed by atoms with Crippen LogP contribution in [0.1, 0.15) is 12.1 Å². The van der Waals surface area contributed by atoms with E-state index in [1.807, 2.05) is 0 Å². The minimum absolute atomic E-state index is 0.0824. The molecule has 1 rings (SSSR count). The number of H-pyrrole nitrogens is 1. The first-order valence-electron chi connectivity index (χ1n) is 3.04. The molecule has 0 atom stereocenters. The SMILES string of the molecule is NC(=O)CC#Cc1cnc[nH]1. The zero-order valence-corrected chi connectivity index (χ0v) is 5.79. The highest BCUT2D eigenvalue weighted by atomic mass is 16.1. The standard InChI is InChI=1S/C7H7N3O/c8-7(11)3-1-2-6-4-9-5-10-6/h4-5H,3H2,(H2,8,11)(H,9,10). The molecule has 0 aliphatic carbocycles. The van der Waals surface area contributed by atoms with Crippen LogP contribution >= 0.6 is 0 Å². The van der Waals surface area contributed by atoms with E-state index < -0.39 is 5.91 Å². The van der Waals surface area contributed by atoms with Crippen LogP contribution in [0.4, 0.5) is 0 Å². The molecule has 0 saturated heterocycles. The van der Waals surface area contributed by atoms with E-state index in [1.165, 1.54) is 6.33 Å². The van der Waals surface area contributed by atoms with Crippen molar-refractivity contribution in [1.82, 2.24) is 9.97 Å². The Morgan fingerprint density at radius 2 is 2.64 bits per heavy atom. The molecule has 1 amide bonds. The lowest BCUT2D eigenvalue weighted by Crippen LogP contribution is -2.08. The number of nitrogens with one attached hydrogen (secondary N) is 1. The molecule has 1 aromatic rings. The number of hydrogen-bond acceptors (Lipinski definition) is 2. The second-order valence-corrected chi connectivity index (χ2v) is 1.91. The molecular weight excluding hydrogens is 142 g/mol. The fraction of sp³-hybridized carbons (Fsp3) is 0.143. The molecule has 4 nitrogen and oxygen atoms in total. The van der Waals surface area contributed by atoms with Crippen molar-refractivity contribution in [3.05, 3.63) is 18.2 Å². The van der Waals surface area contributed by atoms with E-state index in [0.29, 0.717) is 5.69 Å². The van der Waals surface area contributed by atoms with Crippen molar-refractivity contribution in [3.63, 3.8) is 0 Å². The van der Waals surface area contributed by atoms with Crippen LogP contribution in [-0.4, -0.2) is 15.9 Å². The van der Waals surface area contributed by atoms with Crippen LogP contribution in [0.5, 0.6) is 0 Å². The third-order valence-electron chi connectivity index (χ3n) is 0.984. The summed E-state index contributed by atoms with van der Waals surface area (Å²) in [6, 6.07) is 0. The second-order valence-electron chi connectivity index (χ2n) is 1.91. The first-order chi connectivity index (χ1) is 5.29. The fourth-order valence-corrected chi connectivity index (χ4v) is 0.551. The number of carbonyl (C=O) groups excluding carboxylic acids is 1. The van der Waals surface area contributed by atoms with Gasteiger partial charge in [-0.05, 0) is 5.92 Å². The van der Waals surface area contributed by atoms with Gasteiger partial charge in [-0.1, -0.05) is 5.92 Å². The van der Waals surface area contributed by atoms with Gasteiger partial charge in [-0.3, -0.25) is 4.79 Å². The number of carbonyl (C=O) groups is 1. The highest BCUT2D eigenvalue weighted by molar-refractivity contribution is 5.76. The summed E-state index contributed by atoms with van der Waals surface area (Å²) in [6.07, 6.45) is 3.18. The van der Waals surface area contributed by atoms with Crippen molar-refractivity contribution in [1.29, 1.82) is 0 Å². The van der Waals surface area contributed by atoms with E-state index in [2.05, 4.69) is 21.8 Å². The summed E-state index contributed by atoms with van der Waals surface area (Å²) in [5.41, 5.74) is 5.55. The van der Waals surface area contributed by atoms with Crippen LogP contribution in [0.15, 0.2) is 12.5 Å². The summed E-state index contributed by atoms with van der Waals surface area (Å²) in [7, 11) is 0. The van der Waals surface area contributed by atoms with Gasteiger partial charge in [0.2, 0.25) is 5.91 Å². The lowest BCUT2D eigenvalue weighted by molar-refractivity contribution is -0.117. The molecule has 1 aromatic heterocycles. The Labute approximate surface area is 63.8 Å². The third kappa shape index (κ3) is 2.54. The molecule has 0 aliphatic rings. The van der Waals surface area contributed by atoms with Crippen molar-refractivity contribution < 1.29 is 4.79 Å². The zero-order chi connectivity index (χ0) is 8.10. The molecule has 0 bridgehead atoms. The van der Waals surface area contributed by atoms with Gasteiger partial charge < -0.3 is 10.7 Å². The van der Waals surface area contributed by atoms with Crippen LogP contribution in [0, 0.1) is 11.8 Å². The molecular formula is C7H7N3O. The smallest absolute Gasteiger partial charge is 0.229 e. The number of rotatable bonds is 1. The number of aromatic amines is 1. The maximum Gasteiger partial charge on any atom is 0.229 e. The fourth-order valence-electron chi connectivity index (χ4n) is 0.551. The van der Waals surface area contributed by atoms with Gasteiger partial charge in [0.05, 0.1) is 18.9 Å². The Morgan fingerprint density at radius 1 is 1.82 bits per heavy atom. The van der Waals surface area contributed by atoms with E-state index in [9.17, 15) is 4.79 Å². The average Bonchev–Trinajstić information content (AvgIpc) is 2.39. The molecule has 0 fully saturated rings. The summed E-state index contributed by atoms with van der Waals surface area (Å²) in [5, 5.41) is 0. The molecule has 0 radical (unpaired) electrons. The van der Waals surface area contributed by atoms with Gasteiger partial charge in [-0.25, -0.2) is 4.98 Å². The molecule has 56 valence electrons. The minimum Gasteiger partial charge on any atom is -0.369 e. The van der Waals surface area contributed by atoms with Crippen LogP contribution in [-0.2, 0) is 4.79 Å². The lowest BCUT2D eigenvalue weighted by atomic mass is 10.4. The Balaban J connectivity index is 2.52. The minimum atomic E-state index is -0.419. The number of amides is 1. The molecule has 4 heteroatoms. The predicted molar refractivity (Wildman–Crippen MR) is 39.3 cm³/mol.